The van der Waals surface area contributed by atoms with Crippen LogP contribution in [0, 0.1) is 0 Å². The lowest BCUT2D eigenvalue weighted by Crippen LogP contribution is -2.19. The minimum absolute atomic E-state index is 0.162. The third-order valence-electron chi connectivity index (χ3n) is 3.42. The van der Waals surface area contributed by atoms with Crippen LogP contribution in [0.2, 0.25) is 0 Å². The van der Waals surface area contributed by atoms with Gasteiger partial charge in [0, 0.05) is 5.75 Å². The van der Waals surface area contributed by atoms with E-state index in [9.17, 15) is 13.2 Å². The zero-order valence-electron chi connectivity index (χ0n) is 14.2. The lowest BCUT2D eigenvalue weighted by Gasteiger charge is -2.10. The summed E-state index contributed by atoms with van der Waals surface area (Å²) in [6.07, 6.45) is -4.37. The van der Waals surface area contributed by atoms with Crippen LogP contribution in [-0.4, -0.2) is 40.1 Å². The molecule has 0 saturated heterocycles. The van der Waals surface area contributed by atoms with Crippen molar-refractivity contribution >= 4 is 11.8 Å². The second-order valence-corrected chi connectivity index (χ2v) is 6.33. The van der Waals surface area contributed by atoms with Crippen molar-refractivity contribution in [2.75, 3.05) is 13.7 Å². The summed E-state index contributed by atoms with van der Waals surface area (Å²) < 4.78 is 48.5. The number of benzene rings is 2. The first-order chi connectivity index (χ1) is 13.0. The highest BCUT2D eigenvalue weighted by atomic mass is 32.2. The van der Waals surface area contributed by atoms with Crippen molar-refractivity contribution in [1.82, 2.24) is 20.2 Å². The number of aromatic nitrogens is 4. The predicted octanol–water partition coefficient (Wildman–Crippen LogP) is 3.90. The molecule has 0 aliphatic rings. The van der Waals surface area contributed by atoms with E-state index in [0.29, 0.717) is 22.3 Å². The number of hydrogen-bond donors (Lipinski definition) is 0. The van der Waals surface area contributed by atoms with E-state index in [-0.39, 0.29) is 5.75 Å². The van der Waals surface area contributed by atoms with Gasteiger partial charge in [0.25, 0.3) is 0 Å². The molecule has 1 aromatic heterocycles. The Morgan fingerprint density at radius 2 is 1.93 bits per heavy atom. The maximum absolute atomic E-state index is 12.3. The van der Waals surface area contributed by atoms with Crippen LogP contribution in [0.4, 0.5) is 13.2 Å². The SMILES string of the molecule is COc1ccccc1-n1nnnc1SCc1cccc(OCC(F)(F)F)c1. The van der Waals surface area contributed by atoms with Crippen molar-refractivity contribution < 1.29 is 22.6 Å². The summed E-state index contributed by atoms with van der Waals surface area (Å²) in [5, 5.41) is 12.2. The quantitative estimate of drug-likeness (QED) is 0.565. The molecular formula is C17H15F3N4O2S. The van der Waals surface area contributed by atoms with Crippen molar-refractivity contribution in [3.8, 4) is 17.2 Å². The number of ether oxygens (including phenoxy) is 2. The molecule has 0 spiro atoms. The largest absolute Gasteiger partial charge is 0.494 e. The van der Waals surface area contributed by atoms with Crippen LogP contribution in [0.3, 0.4) is 0 Å². The van der Waals surface area contributed by atoms with Gasteiger partial charge >= 0.3 is 6.18 Å². The molecule has 0 unspecified atom stereocenters. The number of tetrazole rings is 1. The minimum atomic E-state index is -4.37. The number of alkyl halides is 3. The summed E-state index contributed by atoms with van der Waals surface area (Å²) in [4.78, 5) is 0. The lowest BCUT2D eigenvalue weighted by atomic mass is 10.2. The number of thioether (sulfide) groups is 1. The second-order valence-electron chi connectivity index (χ2n) is 5.39. The Morgan fingerprint density at radius 3 is 2.70 bits per heavy atom. The van der Waals surface area contributed by atoms with Crippen LogP contribution in [0.15, 0.2) is 53.7 Å². The Hall–Kier alpha value is -2.75. The van der Waals surface area contributed by atoms with E-state index < -0.39 is 12.8 Å². The maximum atomic E-state index is 12.3. The van der Waals surface area contributed by atoms with E-state index in [4.69, 9.17) is 9.47 Å². The molecule has 142 valence electrons. The fourth-order valence-corrected chi connectivity index (χ4v) is 3.09. The van der Waals surface area contributed by atoms with Crippen LogP contribution in [0.1, 0.15) is 5.56 Å². The molecule has 3 aromatic rings. The number of methoxy groups -OCH3 is 1. The zero-order chi connectivity index (χ0) is 19.3. The van der Waals surface area contributed by atoms with Crippen LogP contribution < -0.4 is 9.47 Å². The summed E-state index contributed by atoms with van der Waals surface area (Å²) in [6, 6.07) is 13.8. The molecule has 0 aliphatic carbocycles. The van der Waals surface area contributed by atoms with Crippen molar-refractivity contribution in [3.63, 3.8) is 0 Å². The Labute approximate surface area is 157 Å². The van der Waals surface area contributed by atoms with Gasteiger partial charge in [-0.2, -0.15) is 17.9 Å². The molecule has 0 aliphatic heterocycles. The molecule has 0 radical (unpaired) electrons. The van der Waals surface area contributed by atoms with E-state index in [0.717, 1.165) is 5.56 Å². The molecule has 0 fully saturated rings. The molecule has 0 bridgehead atoms. The van der Waals surface area contributed by atoms with Gasteiger partial charge in [-0.3, -0.25) is 0 Å². The average Bonchev–Trinajstić information content (AvgIpc) is 3.13. The number of hydrogen-bond acceptors (Lipinski definition) is 6. The number of para-hydroxylation sites is 2. The first-order valence-electron chi connectivity index (χ1n) is 7.79. The fraction of sp³-hybridized carbons (Fsp3) is 0.235. The van der Waals surface area contributed by atoms with Gasteiger partial charge in [-0.15, -0.1) is 5.10 Å². The van der Waals surface area contributed by atoms with Crippen LogP contribution in [0.25, 0.3) is 5.69 Å². The third kappa shape index (κ3) is 5.13. The van der Waals surface area contributed by atoms with Crippen molar-refractivity contribution in [1.29, 1.82) is 0 Å². The molecule has 0 atom stereocenters. The molecule has 3 rings (SSSR count). The van der Waals surface area contributed by atoms with E-state index in [1.54, 1.807) is 36.1 Å². The van der Waals surface area contributed by atoms with Crippen molar-refractivity contribution in [2.45, 2.75) is 17.1 Å². The third-order valence-corrected chi connectivity index (χ3v) is 4.41. The summed E-state index contributed by atoms with van der Waals surface area (Å²) in [5.41, 5.74) is 1.48. The van der Waals surface area contributed by atoms with Gasteiger partial charge in [-0.05, 0) is 40.3 Å². The first-order valence-corrected chi connectivity index (χ1v) is 8.78. The van der Waals surface area contributed by atoms with Gasteiger partial charge in [0.05, 0.1) is 7.11 Å². The average molecular weight is 396 g/mol. The monoisotopic (exact) mass is 396 g/mol. The Morgan fingerprint density at radius 1 is 1.11 bits per heavy atom. The highest BCUT2D eigenvalue weighted by Gasteiger charge is 2.28. The molecule has 6 nitrogen and oxygen atoms in total. The van der Waals surface area contributed by atoms with Crippen molar-refractivity contribution in [2.24, 2.45) is 0 Å². The number of rotatable bonds is 7. The highest BCUT2D eigenvalue weighted by Crippen LogP contribution is 2.28. The van der Waals surface area contributed by atoms with Gasteiger partial charge in [0.15, 0.2) is 6.61 Å². The summed E-state index contributed by atoms with van der Waals surface area (Å²) in [6.45, 7) is -1.32. The standard InChI is InChI=1S/C17H15F3N4O2S/c1-25-15-8-3-2-7-14(15)24-16(21-22-23-24)27-10-12-5-4-6-13(9-12)26-11-17(18,19)20/h2-9H,10-11H2,1H3. The first kappa shape index (κ1) is 19.0. The smallest absolute Gasteiger partial charge is 0.422 e. The van der Waals surface area contributed by atoms with Gasteiger partial charge in [-0.25, -0.2) is 0 Å². The van der Waals surface area contributed by atoms with E-state index in [2.05, 4.69) is 15.5 Å². The topological polar surface area (TPSA) is 62.1 Å². The molecule has 0 N–H and O–H groups in total. The highest BCUT2D eigenvalue weighted by molar-refractivity contribution is 7.98. The minimum Gasteiger partial charge on any atom is -0.494 e. The summed E-state index contributed by atoms with van der Waals surface area (Å²) in [7, 11) is 1.56. The summed E-state index contributed by atoms with van der Waals surface area (Å²) >= 11 is 1.35. The molecule has 0 amide bonds. The van der Waals surface area contributed by atoms with Gasteiger partial charge < -0.3 is 9.47 Å². The van der Waals surface area contributed by atoms with Gasteiger partial charge in [0.2, 0.25) is 5.16 Å². The molecule has 27 heavy (non-hydrogen) atoms. The van der Waals surface area contributed by atoms with E-state index >= 15 is 0 Å². The van der Waals surface area contributed by atoms with Crippen LogP contribution in [0.5, 0.6) is 11.5 Å². The molecule has 10 heteroatoms. The zero-order valence-corrected chi connectivity index (χ0v) is 15.0. The molecular weight excluding hydrogens is 381 g/mol. The van der Waals surface area contributed by atoms with Crippen LogP contribution in [-0.2, 0) is 5.75 Å². The normalized spacial score (nSPS) is 11.4. The number of halogens is 3. The van der Waals surface area contributed by atoms with Crippen molar-refractivity contribution in [3.05, 3.63) is 54.1 Å². The van der Waals surface area contributed by atoms with Crippen LogP contribution >= 0.6 is 11.8 Å². The lowest BCUT2D eigenvalue weighted by molar-refractivity contribution is -0.153. The van der Waals surface area contributed by atoms with E-state index in [1.807, 2.05) is 18.2 Å². The predicted molar refractivity (Wildman–Crippen MR) is 93.3 cm³/mol. The van der Waals surface area contributed by atoms with Gasteiger partial charge in [0.1, 0.15) is 17.2 Å². The Bertz CT molecular complexity index is 902. The fourth-order valence-electron chi connectivity index (χ4n) is 2.26. The molecule has 1 heterocycles. The van der Waals surface area contributed by atoms with Gasteiger partial charge in [-0.1, -0.05) is 36.0 Å². The Balaban J connectivity index is 1.71. The number of nitrogens with zero attached hydrogens (tertiary/aromatic N) is 4. The molecule has 0 saturated carbocycles. The van der Waals surface area contributed by atoms with E-state index in [1.165, 1.54) is 17.8 Å². The summed E-state index contributed by atoms with van der Waals surface area (Å²) in [5.74, 6) is 1.24. The maximum Gasteiger partial charge on any atom is 0.422 e. The Kier molecular flexibility index (Phi) is 5.84. The second kappa shape index (κ2) is 8.30. The molecule has 2 aromatic carbocycles.